The highest BCUT2D eigenvalue weighted by atomic mass is 32.1. The predicted molar refractivity (Wildman–Crippen MR) is 81.9 cm³/mol. The maximum atomic E-state index is 12.4. The Balaban J connectivity index is 1.86. The number of nitrogen functional groups attached to an aromatic ring is 1. The molecule has 0 bridgehead atoms. The molecule has 0 aliphatic carbocycles. The first-order valence-corrected chi connectivity index (χ1v) is 7.20. The summed E-state index contributed by atoms with van der Waals surface area (Å²) in [4.78, 5) is 17.7. The van der Waals surface area contributed by atoms with Crippen molar-refractivity contribution < 1.29 is 4.79 Å². The van der Waals surface area contributed by atoms with Gasteiger partial charge in [0, 0.05) is 11.6 Å². The Labute approximate surface area is 125 Å². The highest BCUT2D eigenvalue weighted by Gasteiger charge is 2.19. The van der Waals surface area contributed by atoms with E-state index in [1.807, 2.05) is 25.1 Å². The number of aromatic nitrogens is 3. The fourth-order valence-corrected chi connectivity index (χ4v) is 2.95. The van der Waals surface area contributed by atoms with Crippen LogP contribution in [0, 0.1) is 0 Å². The number of rotatable bonds is 3. The second kappa shape index (κ2) is 5.45. The standard InChI is InChI=1S/C14H13N5OS/c1-8(10-4-2-3-6-16-10)18-13(20)12-11(15)9-5-7-17-19-14(9)21-12/h2-8H,15H2,1H3,(H,18,20). The van der Waals surface area contributed by atoms with Crippen molar-refractivity contribution in [1.29, 1.82) is 0 Å². The second-order valence-corrected chi connectivity index (χ2v) is 5.54. The van der Waals surface area contributed by atoms with Gasteiger partial charge in [0.15, 0.2) is 0 Å². The number of nitrogens with one attached hydrogen (secondary N) is 1. The molecule has 0 spiro atoms. The third-order valence-electron chi connectivity index (χ3n) is 3.11. The summed E-state index contributed by atoms with van der Waals surface area (Å²) in [5, 5.41) is 11.4. The normalized spacial score (nSPS) is 12.2. The van der Waals surface area contributed by atoms with Gasteiger partial charge in [0.2, 0.25) is 0 Å². The molecular formula is C14H13N5OS. The van der Waals surface area contributed by atoms with Crippen molar-refractivity contribution in [3.63, 3.8) is 0 Å². The smallest absolute Gasteiger partial charge is 0.264 e. The van der Waals surface area contributed by atoms with Crippen molar-refractivity contribution in [2.75, 3.05) is 5.73 Å². The van der Waals surface area contributed by atoms with E-state index < -0.39 is 0 Å². The van der Waals surface area contributed by atoms with Crippen molar-refractivity contribution in [1.82, 2.24) is 20.5 Å². The van der Waals surface area contributed by atoms with Gasteiger partial charge in [-0.2, -0.15) is 5.10 Å². The first-order chi connectivity index (χ1) is 10.2. The Hall–Kier alpha value is -2.54. The minimum absolute atomic E-state index is 0.200. The number of carbonyl (C=O) groups is 1. The minimum atomic E-state index is -0.228. The summed E-state index contributed by atoms with van der Waals surface area (Å²) >= 11 is 1.24. The summed E-state index contributed by atoms with van der Waals surface area (Å²) in [7, 11) is 0. The van der Waals surface area contributed by atoms with Crippen molar-refractivity contribution >= 4 is 33.1 Å². The summed E-state index contributed by atoms with van der Waals surface area (Å²) in [6.45, 7) is 1.88. The quantitative estimate of drug-likeness (QED) is 0.773. The molecule has 106 valence electrons. The number of fused-ring (bicyclic) bond motifs is 1. The third-order valence-corrected chi connectivity index (χ3v) is 4.21. The van der Waals surface area contributed by atoms with E-state index in [1.165, 1.54) is 11.3 Å². The third kappa shape index (κ3) is 2.55. The van der Waals surface area contributed by atoms with Gasteiger partial charge >= 0.3 is 0 Å². The average Bonchev–Trinajstić information content (AvgIpc) is 2.86. The van der Waals surface area contributed by atoms with Gasteiger partial charge in [-0.25, -0.2) is 0 Å². The summed E-state index contributed by atoms with van der Waals surface area (Å²) < 4.78 is 0. The van der Waals surface area contributed by atoms with Crippen LogP contribution in [0.2, 0.25) is 0 Å². The Morgan fingerprint density at radius 2 is 2.19 bits per heavy atom. The zero-order chi connectivity index (χ0) is 14.8. The SMILES string of the molecule is CC(NC(=O)c1sc2nnccc2c1N)c1ccccn1. The first-order valence-electron chi connectivity index (χ1n) is 6.38. The fourth-order valence-electron chi connectivity index (χ4n) is 2.01. The van der Waals surface area contributed by atoms with Gasteiger partial charge in [0.25, 0.3) is 5.91 Å². The Morgan fingerprint density at radius 3 is 2.90 bits per heavy atom. The van der Waals surface area contributed by atoms with Gasteiger partial charge in [-0.05, 0) is 25.1 Å². The largest absolute Gasteiger partial charge is 0.397 e. The Morgan fingerprint density at radius 1 is 1.33 bits per heavy atom. The summed E-state index contributed by atoms with van der Waals surface area (Å²) in [6, 6.07) is 7.14. The molecule has 0 radical (unpaired) electrons. The van der Waals surface area contributed by atoms with Crippen molar-refractivity contribution in [3.05, 3.63) is 47.2 Å². The van der Waals surface area contributed by atoms with E-state index in [4.69, 9.17) is 5.73 Å². The van der Waals surface area contributed by atoms with Crippen LogP contribution in [0.3, 0.4) is 0 Å². The van der Waals surface area contributed by atoms with Crippen LogP contribution in [0.25, 0.3) is 10.2 Å². The van der Waals surface area contributed by atoms with Crippen molar-refractivity contribution in [2.45, 2.75) is 13.0 Å². The molecule has 0 aromatic carbocycles. The average molecular weight is 299 g/mol. The van der Waals surface area contributed by atoms with Crippen LogP contribution >= 0.6 is 11.3 Å². The van der Waals surface area contributed by atoms with Gasteiger partial charge in [-0.15, -0.1) is 16.4 Å². The van der Waals surface area contributed by atoms with Gasteiger partial charge in [0.05, 0.1) is 23.6 Å². The Bertz CT molecular complexity index is 786. The molecule has 21 heavy (non-hydrogen) atoms. The molecule has 1 amide bonds. The highest BCUT2D eigenvalue weighted by Crippen LogP contribution is 2.31. The molecule has 0 aliphatic heterocycles. The van der Waals surface area contributed by atoms with E-state index in [1.54, 1.807) is 18.5 Å². The lowest BCUT2D eigenvalue weighted by molar-refractivity contribution is 0.0944. The monoisotopic (exact) mass is 299 g/mol. The van der Waals surface area contributed by atoms with Crippen LogP contribution in [0.5, 0.6) is 0 Å². The zero-order valence-corrected chi connectivity index (χ0v) is 12.1. The molecule has 3 aromatic rings. The molecule has 6 nitrogen and oxygen atoms in total. The number of hydrogen-bond donors (Lipinski definition) is 2. The van der Waals surface area contributed by atoms with Gasteiger partial charge in [-0.1, -0.05) is 6.07 Å². The topological polar surface area (TPSA) is 93.8 Å². The molecular weight excluding hydrogens is 286 g/mol. The summed E-state index contributed by atoms with van der Waals surface area (Å²) in [5.74, 6) is -0.228. The predicted octanol–water partition coefficient (Wildman–Crippen LogP) is 2.16. The fraction of sp³-hybridized carbons (Fsp3) is 0.143. The van der Waals surface area contributed by atoms with Crippen LogP contribution < -0.4 is 11.1 Å². The van der Waals surface area contributed by atoms with E-state index in [0.717, 1.165) is 11.1 Å². The van der Waals surface area contributed by atoms with Crippen LogP contribution in [0.4, 0.5) is 5.69 Å². The number of thiophene rings is 1. The molecule has 0 aliphatic rings. The van der Waals surface area contributed by atoms with E-state index in [0.29, 0.717) is 15.4 Å². The minimum Gasteiger partial charge on any atom is -0.397 e. The number of hydrogen-bond acceptors (Lipinski definition) is 6. The van der Waals surface area contributed by atoms with Crippen LogP contribution in [-0.2, 0) is 0 Å². The molecule has 7 heteroatoms. The van der Waals surface area contributed by atoms with Crippen molar-refractivity contribution in [2.24, 2.45) is 0 Å². The van der Waals surface area contributed by atoms with Gasteiger partial charge in [-0.3, -0.25) is 9.78 Å². The van der Waals surface area contributed by atoms with E-state index >= 15 is 0 Å². The van der Waals surface area contributed by atoms with Crippen molar-refractivity contribution in [3.8, 4) is 0 Å². The molecule has 3 aromatic heterocycles. The molecule has 3 rings (SSSR count). The van der Waals surface area contributed by atoms with E-state index in [2.05, 4.69) is 20.5 Å². The number of amides is 1. The first kappa shape index (κ1) is 13.4. The number of pyridine rings is 1. The molecule has 3 N–H and O–H groups in total. The molecule has 0 saturated heterocycles. The summed E-state index contributed by atoms with van der Waals surface area (Å²) in [6.07, 6.45) is 3.25. The lowest BCUT2D eigenvalue weighted by atomic mass is 10.2. The molecule has 1 unspecified atom stereocenters. The molecule has 0 fully saturated rings. The van der Waals surface area contributed by atoms with Crippen LogP contribution in [0.1, 0.15) is 28.3 Å². The maximum absolute atomic E-state index is 12.4. The van der Waals surface area contributed by atoms with Crippen LogP contribution in [-0.4, -0.2) is 21.1 Å². The highest BCUT2D eigenvalue weighted by molar-refractivity contribution is 7.21. The van der Waals surface area contributed by atoms with E-state index in [-0.39, 0.29) is 11.9 Å². The van der Waals surface area contributed by atoms with Gasteiger partial charge < -0.3 is 11.1 Å². The van der Waals surface area contributed by atoms with Gasteiger partial charge in [0.1, 0.15) is 9.71 Å². The second-order valence-electron chi connectivity index (χ2n) is 4.54. The Kier molecular flexibility index (Phi) is 3.49. The number of anilines is 1. The number of nitrogens with zero attached hydrogens (tertiary/aromatic N) is 3. The maximum Gasteiger partial charge on any atom is 0.264 e. The molecule has 3 heterocycles. The zero-order valence-electron chi connectivity index (χ0n) is 11.3. The van der Waals surface area contributed by atoms with Crippen LogP contribution in [0.15, 0.2) is 36.7 Å². The summed E-state index contributed by atoms with van der Waals surface area (Å²) in [5.41, 5.74) is 7.26. The lowest BCUT2D eigenvalue weighted by Gasteiger charge is -2.12. The number of carbonyl (C=O) groups excluding carboxylic acids is 1. The number of nitrogens with two attached hydrogens (primary N) is 1. The lowest BCUT2D eigenvalue weighted by Crippen LogP contribution is -2.27. The van der Waals surface area contributed by atoms with E-state index in [9.17, 15) is 4.79 Å². The molecule has 1 atom stereocenters. The molecule has 0 saturated carbocycles.